The maximum Gasteiger partial charge on any atom is 0.239 e. The molecular formula is C11H13N5O2. The number of hydrogen-bond donors (Lipinski definition) is 1. The number of nitrogens with zero attached hydrogens (tertiary/aromatic N) is 4. The van der Waals surface area contributed by atoms with E-state index >= 15 is 0 Å². The summed E-state index contributed by atoms with van der Waals surface area (Å²) in [6, 6.07) is 0. The molecule has 94 valence electrons. The second-order valence-electron chi connectivity index (χ2n) is 4.41. The van der Waals surface area contributed by atoms with Gasteiger partial charge in [0.2, 0.25) is 11.7 Å². The standard InChI is InChI=1S/C11H13N5O2/c17-8-5-3-1-2-4-7(8)11-14-10(16-18-11)9-12-6-13-15-9/h6-7H,1-5H2,(H,12,13,15). The van der Waals surface area contributed by atoms with Crippen LogP contribution in [0.4, 0.5) is 0 Å². The van der Waals surface area contributed by atoms with Crippen LogP contribution in [0.2, 0.25) is 0 Å². The van der Waals surface area contributed by atoms with Crippen molar-refractivity contribution >= 4 is 5.78 Å². The van der Waals surface area contributed by atoms with Crippen LogP contribution >= 0.6 is 0 Å². The van der Waals surface area contributed by atoms with Crippen LogP contribution in [0.5, 0.6) is 0 Å². The molecule has 0 spiro atoms. The van der Waals surface area contributed by atoms with Gasteiger partial charge in [-0.05, 0) is 12.8 Å². The number of hydrogen-bond acceptors (Lipinski definition) is 6. The average molecular weight is 247 g/mol. The molecule has 1 unspecified atom stereocenters. The molecular weight excluding hydrogens is 234 g/mol. The molecule has 1 saturated carbocycles. The highest BCUT2D eigenvalue weighted by Gasteiger charge is 2.28. The number of nitrogens with one attached hydrogen (secondary N) is 1. The molecule has 0 bridgehead atoms. The van der Waals surface area contributed by atoms with Gasteiger partial charge < -0.3 is 4.52 Å². The van der Waals surface area contributed by atoms with E-state index in [1.165, 1.54) is 6.33 Å². The van der Waals surface area contributed by atoms with E-state index in [0.29, 0.717) is 24.0 Å². The van der Waals surface area contributed by atoms with Crippen molar-refractivity contribution in [3.05, 3.63) is 12.2 Å². The van der Waals surface area contributed by atoms with Crippen molar-refractivity contribution in [2.24, 2.45) is 0 Å². The minimum absolute atomic E-state index is 0.195. The zero-order valence-corrected chi connectivity index (χ0v) is 9.80. The molecule has 1 aliphatic carbocycles. The second kappa shape index (κ2) is 4.67. The molecule has 0 saturated heterocycles. The Bertz CT molecular complexity index is 533. The number of Topliss-reactive ketones (excluding diaryl/α,β-unsaturated/α-hetero) is 1. The first-order valence-electron chi connectivity index (χ1n) is 6.06. The highest BCUT2D eigenvalue weighted by atomic mass is 16.5. The highest BCUT2D eigenvalue weighted by molar-refractivity contribution is 5.84. The fraction of sp³-hybridized carbons (Fsp3) is 0.545. The van der Waals surface area contributed by atoms with Crippen molar-refractivity contribution in [2.45, 2.75) is 38.0 Å². The Morgan fingerprint density at radius 2 is 2.28 bits per heavy atom. The van der Waals surface area contributed by atoms with E-state index < -0.39 is 0 Å². The molecule has 7 heteroatoms. The Hall–Kier alpha value is -2.05. The van der Waals surface area contributed by atoms with Gasteiger partial charge in [0, 0.05) is 6.42 Å². The first kappa shape index (κ1) is 11.1. The van der Waals surface area contributed by atoms with Gasteiger partial charge in [0.05, 0.1) is 5.92 Å². The molecule has 7 nitrogen and oxygen atoms in total. The van der Waals surface area contributed by atoms with Crippen LogP contribution in [0.15, 0.2) is 10.9 Å². The number of aromatic nitrogens is 5. The summed E-state index contributed by atoms with van der Waals surface area (Å²) in [6.45, 7) is 0. The van der Waals surface area contributed by atoms with Crippen molar-refractivity contribution in [2.75, 3.05) is 0 Å². The molecule has 2 aromatic rings. The number of aromatic amines is 1. The SMILES string of the molecule is O=C1CCCCCC1c1nc(-c2ncn[nH]2)no1. The first-order chi connectivity index (χ1) is 8.84. The Morgan fingerprint density at radius 3 is 3.11 bits per heavy atom. The summed E-state index contributed by atoms with van der Waals surface area (Å²) in [4.78, 5) is 20.1. The number of H-pyrrole nitrogens is 1. The van der Waals surface area contributed by atoms with Gasteiger partial charge in [0.1, 0.15) is 12.1 Å². The second-order valence-corrected chi connectivity index (χ2v) is 4.41. The quantitative estimate of drug-likeness (QED) is 0.807. The third-order valence-corrected chi connectivity index (χ3v) is 3.17. The molecule has 0 amide bonds. The molecule has 1 atom stereocenters. The molecule has 18 heavy (non-hydrogen) atoms. The van der Waals surface area contributed by atoms with Gasteiger partial charge >= 0.3 is 0 Å². The fourth-order valence-corrected chi connectivity index (χ4v) is 2.21. The van der Waals surface area contributed by atoms with Gasteiger partial charge in [-0.15, -0.1) is 0 Å². The summed E-state index contributed by atoms with van der Waals surface area (Å²) in [5.74, 6) is 1.14. The molecule has 0 aromatic carbocycles. The van der Waals surface area contributed by atoms with Crippen LogP contribution in [0.1, 0.15) is 43.9 Å². The first-order valence-corrected chi connectivity index (χ1v) is 6.06. The van der Waals surface area contributed by atoms with Gasteiger partial charge in [0.25, 0.3) is 0 Å². The smallest absolute Gasteiger partial charge is 0.239 e. The molecule has 2 aromatic heterocycles. The van der Waals surface area contributed by atoms with E-state index in [1.54, 1.807) is 0 Å². The lowest BCUT2D eigenvalue weighted by molar-refractivity contribution is -0.120. The summed E-state index contributed by atoms with van der Waals surface area (Å²) < 4.78 is 5.18. The highest BCUT2D eigenvalue weighted by Crippen LogP contribution is 2.28. The molecule has 0 radical (unpaired) electrons. The van der Waals surface area contributed by atoms with E-state index in [2.05, 4.69) is 25.3 Å². The van der Waals surface area contributed by atoms with Crippen molar-refractivity contribution < 1.29 is 9.32 Å². The Morgan fingerprint density at radius 1 is 1.33 bits per heavy atom. The summed E-state index contributed by atoms with van der Waals surface area (Å²) in [6.07, 6.45) is 5.84. The molecule has 0 aliphatic heterocycles. The molecule has 2 heterocycles. The van der Waals surface area contributed by atoms with Crippen LogP contribution in [0, 0.1) is 0 Å². The lowest BCUT2D eigenvalue weighted by atomic mass is 9.99. The minimum atomic E-state index is -0.253. The average Bonchev–Trinajstić information content (AvgIpc) is 3.00. The summed E-state index contributed by atoms with van der Waals surface area (Å²) in [5.41, 5.74) is 0. The summed E-state index contributed by atoms with van der Waals surface area (Å²) >= 11 is 0. The monoisotopic (exact) mass is 247 g/mol. The molecule has 1 aliphatic rings. The zero-order chi connectivity index (χ0) is 12.4. The number of carbonyl (C=O) groups is 1. The van der Waals surface area contributed by atoms with Crippen molar-refractivity contribution in [1.29, 1.82) is 0 Å². The van der Waals surface area contributed by atoms with E-state index in [1.807, 2.05) is 0 Å². The van der Waals surface area contributed by atoms with E-state index in [4.69, 9.17) is 4.52 Å². The van der Waals surface area contributed by atoms with Gasteiger partial charge in [0.15, 0.2) is 5.82 Å². The lowest BCUT2D eigenvalue weighted by Crippen LogP contribution is -2.10. The van der Waals surface area contributed by atoms with Crippen LogP contribution in [-0.4, -0.2) is 31.1 Å². The number of carbonyl (C=O) groups excluding carboxylic acids is 1. The third kappa shape index (κ3) is 2.03. The van der Waals surface area contributed by atoms with Gasteiger partial charge in [-0.25, -0.2) is 4.98 Å². The Balaban J connectivity index is 1.86. The van der Waals surface area contributed by atoms with Gasteiger partial charge in [-0.1, -0.05) is 18.0 Å². The summed E-state index contributed by atoms with van der Waals surface area (Å²) in [5, 5.41) is 10.2. The fourth-order valence-electron chi connectivity index (χ4n) is 2.21. The number of ketones is 1. The molecule has 3 rings (SSSR count). The van der Waals surface area contributed by atoms with Crippen LogP contribution in [0.25, 0.3) is 11.6 Å². The Labute approximate surface area is 103 Å². The normalized spacial score (nSPS) is 20.9. The lowest BCUT2D eigenvalue weighted by Gasteiger charge is -2.05. The largest absolute Gasteiger partial charge is 0.338 e. The van der Waals surface area contributed by atoms with E-state index in [-0.39, 0.29) is 11.7 Å². The van der Waals surface area contributed by atoms with Gasteiger partial charge in [-0.3, -0.25) is 9.89 Å². The predicted octanol–water partition coefficient (Wildman–Crippen LogP) is 1.47. The topological polar surface area (TPSA) is 97.6 Å². The summed E-state index contributed by atoms with van der Waals surface area (Å²) in [7, 11) is 0. The van der Waals surface area contributed by atoms with Crippen molar-refractivity contribution in [1.82, 2.24) is 25.3 Å². The maximum absolute atomic E-state index is 11.9. The van der Waals surface area contributed by atoms with E-state index in [0.717, 1.165) is 25.7 Å². The molecule has 1 fully saturated rings. The zero-order valence-electron chi connectivity index (χ0n) is 9.80. The minimum Gasteiger partial charge on any atom is -0.338 e. The van der Waals surface area contributed by atoms with Crippen molar-refractivity contribution in [3.63, 3.8) is 0 Å². The maximum atomic E-state index is 11.9. The van der Waals surface area contributed by atoms with Crippen LogP contribution in [-0.2, 0) is 4.79 Å². The molecule has 1 N–H and O–H groups in total. The Kier molecular flexibility index (Phi) is 2.87. The third-order valence-electron chi connectivity index (χ3n) is 3.17. The number of rotatable bonds is 2. The van der Waals surface area contributed by atoms with Gasteiger partial charge in [-0.2, -0.15) is 10.1 Å². The van der Waals surface area contributed by atoms with Crippen LogP contribution < -0.4 is 0 Å². The van der Waals surface area contributed by atoms with Crippen molar-refractivity contribution in [3.8, 4) is 11.6 Å². The van der Waals surface area contributed by atoms with Crippen LogP contribution in [0.3, 0.4) is 0 Å². The van der Waals surface area contributed by atoms with E-state index in [9.17, 15) is 4.79 Å². The predicted molar refractivity (Wildman–Crippen MR) is 60.5 cm³/mol.